The molecule has 3 N–H and O–H groups in total. The second kappa shape index (κ2) is 10.4. The van der Waals surface area contributed by atoms with Crippen LogP contribution in [-0.2, 0) is 11.2 Å². The molecule has 0 aromatic heterocycles. The molecular formula is C17H27ClN2O2. The van der Waals surface area contributed by atoms with E-state index in [1.165, 1.54) is 5.56 Å². The maximum absolute atomic E-state index is 12.0. The molecule has 0 aliphatic carbocycles. The molecule has 1 rings (SSSR count). The molecule has 0 aliphatic heterocycles. The largest absolute Gasteiger partial charge is 0.352 e. The van der Waals surface area contributed by atoms with Gasteiger partial charge in [-0.05, 0) is 24.8 Å². The van der Waals surface area contributed by atoms with E-state index in [0.717, 1.165) is 6.42 Å². The smallest absolute Gasteiger partial charge is 0.220 e. The number of nitrogens with two attached hydrogens (primary N) is 1. The van der Waals surface area contributed by atoms with Crippen LogP contribution in [0, 0.1) is 5.92 Å². The van der Waals surface area contributed by atoms with Crippen molar-refractivity contribution in [1.29, 1.82) is 0 Å². The van der Waals surface area contributed by atoms with E-state index in [1.807, 2.05) is 31.2 Å². The van der Waals surface area contributed by atoms with Crippen molar-refractivity contribution in [2.75, 3.05) is 6.54 Å². The summed E-state index contributed by atoms with van der Waals surface area (Å²) in [6.45, 7) is 6.57. The fourth-order valence-electron chi connectivity index (χ4n) is 2.08. The number of carbonyl (C=O) groups excluding carboxylic acids is 2. The van der Waals surface area contributed by atoms with Gasteiger partial charge in [-0.1, -0.05) is 38.1 Å². The van der Waals surface area contributed by atoms with Crippen molar-refractivity contribution in [1.82, 2.24) is 5.32 Å². The second-order valence-electron chi connectivity index (χ2n) is 5.92. The van der Waals surface area contributed by atoms with Crippen LogP contribution in [0.2, 0.25) is 0 Å². The normalized spacial score (nSPS) is 11.7. The van der Waals surface area contributed by atoms with Gasteiger partial charge in [0, 0.05) is 31.0 Å². The molecule has 1 aromatic rings. The summed E-state index contributed by atoms with van der Waals surface area (Å²) in [6.07, 6.45) is 1.44. The van der Waals surface area contributed by atoms with Gasteiger partial charge in [-0.3, -0.25) is 9.59 Å². The van der Waals surface area contributed by atoms with Crippen LogP contribution in [-0.4, -0.2) is 24.3 Å². The van der Waals surface area contributed by atoms with Crippen molar-refractivity contribution in [2.24, 2.45) is 11.7 Å². The van der Waals surface area contributed by atoms with Crippen molar-refractivity contribution in [2.45, 2.75) is 46.1 Å². The molecule has 0 radical (unpaired) electrons. The monoisotopic (exact) mass is 326 g/mol. The van der Waals surface area contributed by atoms with Gasteiger partial charge >= 0.3 is 0 Å². The van der Waals surface area contributed by atoms with Gasteiger partial charge in [-0.15, -0.1) is 12.4 Å². The first-order chi connectivity index (χ1) is 9.92. The third kappa shape index (κ3) is 7.57. The van der Waals surface area contributed by atoms with Crippen molar-refractivity contribution in [3.8, 4) is 0 Å². The van der Waals surface area contributed by atoms with Crippen LogP contribution in [0.15, 0.2) is 24.3 Å². The van der Waals surface area contributed by atoms with Crippen LogP contribution in [0.5, 0.6) is 0 Å². The summed E-state index contributed by atoms with van der Waals surface area (Å²) in [5.41, 5.74) is 7.34. The lowest BCUT2D eigenvalue weighted by Gasteiger charge is -2.11. The first-order valence-corrected chi connectivity index (χ1v) is 7.54. The maximum Gasteiger partial charge on any atom is 0.220 e. The molecule has 0 fully saturated rings. The summed E-state index contributed by atoms with van der Waals surface area (Å²) >= 11 is 0. The highest BCUT2D eigenvalue weighted by atomic mass is 35.5. The minimum Gasteiger partial charge on any atom is -0.352 e. The zero-order valence-corrected chi connectivity index (χ0v) is 14.4. The third-order valence-corrected chi connectivity index (χ3v) is 3.26. The molecule has 1 amide bonds. The van der Waals surface area contributed by atoms with Gasteiger partial charge in [0.25, 0.3) is 0 Å². The molecule has 0 aliphatic rings. The van der Waals surface area contributed by atoms with E-state index in [4.69, 9.17) is 5.73 Å². The number of hydrogen-bond acceptors (Lipinski definition) is 3. The summed E-state index contributed by atoms with van der Waals surface area (Å²) in [7, 11) is 0. The molecule has 1 atom stereocenters. The first kappa shape index (κ1) is 20.6. The summed E-state index contributed by atoms with van der Waals surface area (Å²) in [5, 5.41) is 2.75. The molecule has 0 saturated carbocycles. The molecular weight excluding hydrogens is 300 g/mol. The van der Waals surface area contributed by atoms with Gasteiger partial charge in [0.2, 0.25) is 5.91 Å². The van der Waals surface area contributed by atoms with E-state index in [9.17, 15) is 9.59 Å². The molecule has 0 saturated heterocycles. The van der Waals surface area contributed by atoms with Crippen LogP contribution in [0.25, 0.3) is 0 Å². The van der Waals surface area contributed by atoms with Gasteiger partial charge in [-0.25, -0.2) is 0 Å². The van der Waals surface area contributed by atoms with E-state index in [-0.39, 0.29) is 43.0 Å². The Morgan fingerprint density at radius 1 is 1.09 bits per heavy atom. The molecule has 5 heteroatoms. The van der Waals surface area contributed by atoms with Crippen molar-refractivity contribution >= 4 is 24.1 Å². The number of carbonyl (C=O) groups is 2. The predicted octanol–water partition coefficient (Wildman–Crippen LogP) is 2.73. The van der Waals surface area contributed by atoms with E-state index in [1.54, 1.807) is 0 Å². The van der Waals surface area contributed by atoms with Gasteiger partial charge in [0.15, 0.2) is 5.78 Å². The van der Waals surface area contributed by atoms with Crippen LogP contribution in [0.4, 0.5) is 0 Å². The Morgan fingerprint density at radius 2 is 1.68 bits per heavy atom. The molecule has 124 valence electrons. The quantitative estimate of drug-likeness (QED) is 0.721. The van der Waals surface area contributed by atoms with Crippen molar-refractivity contribution in [3.63, 3.8) is 0 Å². The summed E-state index contributed by atoms with van der Waals surface area (Å²) in [4.78, 5) is 23.6. The average Bonchev–Trinajstić information content (AvgIpc) is 2.44. The number of ketones is 1. The molecule has 0 unspecified atom stereocenters. The molecule has 0 heterocycles. The van der Waals surface area contributed by atoms with Crippen LogP contribution < -0.4 is 11.1 Å². The lowest BCUT2D eigenvalue weighted by molar-refractivity contribution is -0.121. The highest BCUT2D eigenvalue weighted by molar-refractivity contribution is 5.98. The predicted molar refractivity (Wildman–Crippen MR) is 92.5 cm³/mol. The van der Waals surface area contributed by atoms with E-state index < -0.39 is 0 Å². The molecule has 0 bridgehead atoms. The van der Waals surface area contributed by atoms with E-state index in [2.05, 4.69) is 19.2 Å². The number of rotatable bonds is 8. The Kier molecular flexibility index (Phi) is 9.70. The maximum atomic E-state index is 12.0. The van der Waals surface area contributed by atoms with Gasteiger partial charge in [-0.2, -0.15) is 0 Å². The molecule has 1 aromatic carbocycles. The number of hydrogen-bond donors (Lipinski definition) is 2. The molecule has 22 heavy (non-hydrogen) atoms. The number of amides is 1. The fraction of sp³-hybridized carbons (Fsp3) is 0.529. The number of halogens is 1. The van der Waals surface area contributed by atoms with E-state index >= 15 is 0 Å². The lowest BCUT2D eigenvalue weighted by Crippen LogP contribution is -2.37. The summed E-state index contributed by atoms with van der Waals surface area (Å²) in [5.74, 6) is 0.471. The standard InChI is InChI=1S/C17H26N2O2.ClH/c1-12(2)10-14-4-6-15(7-5-14)16(20)8-9-17(21)19-13(3)11-18;/h4-7,12-13H,8-11,18H2,1-3H3,(H,19,21);1H/t13-;/m0./s1. The SMILES string of the molecule is CC(C)Cc1ccc(C(=O)CCC(=O)N[C@@H](C)CN)cc1.Cl. The zero-order valence-electron chi connectivity index (χ0n) is 13.6. The minimum absolute atomic E-state index is 0. The van der Waals surface area contributed by atoms with E-state index in [0.29, 0.717) is 18.0 Å². The zero-order chi connectivity index (χ0) is 15.8. The summed E-state index contributed by atoms with van der Waals surface area (Å²) in [6, 6.07) is 7.62. The van der Waals surface area contributed by atoms with Gasteiger partial charge in [0.05, 0.1) is 0 Å². The highest BCUT2D eigenvalue weighted by Gasteiger charge is 2.11. The van der Waals surface area contributed by atoms with Crippen LogP contribution in [0.1, 0.15) is 49.5 Å². The van der Waals surface area contributed by atoms with Gasteiger partial charge < -0.3 is 11.1 Å². The molecule has 0 spiro atoms. The van der Waals surface area contributed by atoms with Gasteiger partial charge in [0.1, 0.15) is 0 Å². The Hall–Kier alpha value is -1.39. The Balaban J connectivity index is 0.00000441. The van der Waals surface area contributed by atoms with Crippen molar-refractivity contribution < 1.29 is 9.59 Å². The number of nitrogens with one attached hydrogen (secondary N) is 1. The molecule has 4 nitrogen and oxygen atoms in total. The fourth-order valence-corrected chi connectivity index (χ4v) is 2.08. The third-order valence-electron chi connectivity index (χ3n) is 3.26. The van der Waals surface area contributed by atoms with Crippen LogP contribution >= 0.6 is 12.4 Å². The average molecular weight is 327 g/mol. The summed E-state index contributed by atoms with van der Waals surface area (Å²) < 4.78 is 0. The van der Waals surface area contributed by atoms with Crippen molar-refractivity contribution in [3.05, 3.63) is 35.4 Å². The number of benzene rings is 1. The van der Waals surface area contributed by atoms with Crippen LogP contribution in [0.3, 0.4) is 0 Å². The second-order valence-corrected chi connectivity index (χ2v) is 5.92. The Labute approximate surface area is 139 Å². The Morgan fingerprint density at radius 3 is 2.18 bits per heavy atom. The topological polar surface area (TPSA) is 72.2 Å². The highest BCUT2D eigenvalue weighted by Crippen LogP contribution is 2.12. The lowest BCUT2D eigenvalue weighted by atomic mass is 9.99. The number of Topliss-reactive ketones (excluding diaryl/α,β-unsaturated/α-hetero) is 1. The Bertz CT molecular complexity index is 472. The minimum atomic E-state index is -0.127. The first-order valence-electron chi connectivity index (χ1n) is 7.54.